The van der Waals surface area contributed by atoms with E-state index in [4.69, 9.17) is 0 Å². The summed E-state index contributed by atoms with van der Waals surface area (Å²) in [5.41, 5.74) is 4.17. The SMILES string of the molecule is CN(C)c1ccc(C(=O)Nc2ccccc2-c2nc3cnccc3s2)cc1. The molecule has 6 heteroatoms. The lowest BCUT2D eigenvalue weighted by Crippen LogP contribution is -2.13. The summed E-state index contributed by atoms with van der Waals surface area (Å²) >= 11 is 1.58. The summed E-state index contributed by atoms with van der Waals surface area (Å²) in [5.74, 6) is -0.143. The molecule has 0 spiro atoms. The van der Waals surface area contributed by atoms with Gasteiger partial charge in [-0.25, -0.2) is 4.98 Å². The number of carbonyl (C=O) groups is 1. The Labute approximate surface area is 161 Å². The molecule has 0 radical (unpaired) electrons. The predicted molar refractivity (Wildman–Crippen MR) is 112 cm³/mol. The van der Waals surface area contributed by atoms with Gasteiger partial charge in [0.25, 0.3) is 5.91 Å². The Morgan fingerprint density at radius 3 is 2.56 bits per heavy atom. The normalized spacial score (nSPS) is 10.7. The van der Waals surface area contributed by atoms with Gasteiger partial charge in [0.15, 0.2) is 0 Å². The fourth-order valence-electron chi connectivity index (χ4n) is 2.78. The highest BCUT2D eigenvalue weighted by Crippen LogP contribution is 2.34. The Hall–Kier alpha value is -3.25. The van der Waals surface area contributed by atoms with Gasteiger partial charge in [0.1, 0.15) is 10.5 Å². The molecule has 4 aromatic rings. The third-order valence-corrected chi connectivity index (χ3v) is 5.31. The van der Waals surface area contributed by atoms with E-state index >= 15 is 0 Å². The molecule has 0 aliphatic carbocycles. The van der Waals surface area contributed by atoms with Crippen molar-refractivity contribution in [2.45, 2.75) is 0 Å². The van der Waals surface area contributed by atoms with Crippen molar-refractivity contribution in [3.8, 4) is 10.6 Å². The van der Waals surface area contributed by atoms with Crippen LogP contribution in [0.4, 0.5) is 11.4 Å². The average molecular weight is 374 g/mol. The van der Waals surface area contributed by atoms with E-state index in [2.05, 4.69) is 15.3 Å². The molecule has 27 heavy (non-hydrogen) atoms. The zero-order valence-electron chi connectivity index (χ0n) is 15.0. The number of nitrogens with zero attached hydrogens (tertiary/aromatic N) is 3. The summed E-state index contributed by atoms with van der Waals surface area (Å²) in [6.45, 7) is 0. The minimum absolute atomic E-state index is 0.143. The van der Waals surface area contributed by atoms with Crippen LogP contribution in [0.5, 0.6) is 0 Å². The molecule has 134 valence electrons. The molecule has 0 saturated heterocycles. The first-order valence-corrected chi connectivity index (χ1v) is 9.32. The highest BCUT2D eigenvalue weighted by atomic mass is 32.1. The quantitative estimate of drug-likeness (QED) is 0.564. The summed E-state index contributed by atoms with van der Waals surface area (Å²) in [6.07, 6.45) is 3.51. The molecule has 2 heterocycles. The van der Waals surface area contributed by atoms with Gasteiger partial charge in [-0.3, -0.25) is 9.78 Å². The largest absolute Gasteiger partial charge is 0.378 e. The summed E-state index contributed by atoms with van der Waals surface area (Å²) in [5, 5.41) is 3.88. The highest BCUT2D eigenvalue weighted by molar-refractivity contribution is 7.21. The number of pyridine rings is 1. The number of anilines is 2. The van der Waals surface area contributed by atoms with E-state index in [9.17, 15) is 4.79 Å². The topological polar surface area (TPSA) is 58.1 Å². The van der Waals surface area contributed by atoms with Crippen molar-refractivity contribution in [3.63, 3.8) is 0 Å². The maximum atomic E-state index is 12.7. The van der Waals surface area contributed by atoms with Crippen LogP contribution in [0.3, 0.4) is 0 Å². The Morgan fingerprint density at radius 2 is 1.81 bits per heavy atom. The number of aromatic nitrogens is 2. The number of benzene rings is 2. The average Bonchev–Trinajstić information content (AvgIpc) is 3.12. The number of rotatable bonds is 4. The van der Waals surface area contributed by atoms with E-state index in [1.165, 1.54) is 0 Å². The number of amides is 1. The van der Waals surface area contributed by atoms with Gasteiger partial charge >= 0.3 is 0 Å². The molecular formula is C21H18N4OS. The Balaban J connectivity index is 1.64. The standard InChI is InChI=1S/C21H18N4OS/c1-25(2)15-9-7-14(8-10-15)20(26)23-17-6-4-3-5-16(17)21-24-18-13-22-12-11-19(18)27-21/h3-13H,1-2H3,(H,23,26). The number of hydrogen-bond acceptors (Lipinski definition) is 5. The molecule has 2 aromatic carbocycles. The van der Waals surface area contributed by atoms with Gasteiger partial charge in [0.2, 0.25) is 0 Å². The smallest absolute Gasteiger partial charge is 0.255 e. The molecule has 0 unspecified atom stereocenters. The molecule has 1 amide bonds. The van der Waals surface area contributed by atoms with Gasteiger partial charge in [-0.05, 0) is 42.5 Å². The van der Waals surface area contributed by atoms with E-state index in [1.807, 2.05) is 73.6 Å². The lowest BCUT2D eigenvalue weighted by atomic mass is 10.1. The Morgan fingerprint density at radius 1 is 1.04 bits per heavy atom. The van der Waals surface area contributed by atoms with Crippen LogP contribution in [0.15, 0.2) is 67.0 Å². The van der Waals surface area contributed by atoms with E-state index in [1.54, 1.807) is 23.7 Å². The fraction of sp³-hybridized carbons (Fsp3) is 0.0952. The molecule has 5 nitrogen and oxygen atoms in total. The van der Waals surface area contributed by atoms with Crippen LogP contribution in [-0.4, -0.2) is 30.0 Å². The number of hydrogen-bond donors (Lipinski definition) is 1. The molecule has 1 N–H and O–H groups in total. The summed E-state index contributed by atoms with van der Waals surface area (Å²) in [4.78, 5) is 23.5. The minimum Gasteiger partial charge on any atom is -0.378 e. The summed E-state index contributed by atoms with van der Waals surface area (Å²) in [7, 11) is 3.94. The molecule has 0 saturated carbocycles. The van der Waals surface area contributed by atoms with Crippen LogP contribution in [0.1, 0.15) is 10.4 Å². The number of nitrogens with one attached hydrogen (secondary N) is 1. The monoisotopic (exact) mass is 374 g/mol. The second-order valence-electron chi connectivity index (χ2n) is 6.30. The van der Waals surface area contributed by atoms with Crippen LogP contribution in [-0.2, 0) is 0 Å². The zero-order chi connectivity index (χ0) is 18.8. The molecule has 4 rings (SSSR count). The number of para-hydroxylation sites is 1. The summed E-state index contributed by atoms with van der Waals surface area (Å²) in [6, 6.07) is 17.2. The number of carbonyl (C=O) groups excluding carboxylic acids is 1. The lowest BCUT2D eigenvalue weighted by molar-refractivity contribution is 0.102. The van der Waals surface area contributed by atoms with Gasteiger partial charge in [-0.1, -0.05) is 12.1 Å². The number of fused-ring (bicyclic) bond motifs is 1. The fourth-order valence-corrected chi connectivity index (χ4v) is 3.75. The first kappa shape index (κ1) is 17.2. The van der Waals surface area contributed by atoms with Gasteiger partial charge in [-0.15, -0.1) is 11.3 Å². The van der Waals surface area contributed by atoms with Crippen LogP contribution in [0.25, 0.3) is 20.8 Å². The maximum Gasteiger partial charge on any atom is 0.255 e. The minimum atomic E-state index is -0.143. The van der Waals surface area contributed by atoms with Crippen LogP contribution < -0.4 is 10.2 Å². The van der Waals surface area contributed by atoms with Crippen LogP contribution in [0, 0.1) is 0 Å². The van der Waals surface area contributed by atoms with E-state index < -0.39 is 0 Å². The summed E-state index contributed by atoms with van der Waals surface area (Å²) < 4.78 is 1.07. The first-order chi connectivity index (χ1) is 13.1. The van der Waals surface area contributed by atoms with Crippen molar-refractivity contribution < 1.29 is 4.79 Å². The highest BCUT2D eigenvalue weighted by Gasteiger charge is 2.13. The van der Waals surface area contributed by atoms with Crippen molar-refractivity contribution in [1.29, 1.82) is 0 Å². The zero-order valence-corrected chi connectivity index (χ0v) is 15.8. The van der Waals surface area contributed by atoms with Crippen LogP contribution in [0.2, 0.25) is 0 Å². The second-order valence-corrected chi connectivity index (χ2v) is 7.33. The van der Waals surface area contributed by atoms with Crippen LogP contribution >= 0.6 is 11.3 Å². The molecule has 0 aliphatic heterocycles. The predicted octanol–water partition coefficient (Wildman–Crippen LogP) is 4.68. The van der Waals surface area contributed by atoms with Crippen molar-refractivity contribution in [1.82, 2.24) is 9.97 Å². The van der Waals surface area contributed by atoms with Crippen molar-refractivity contribution in [2.24, 2.45) is 0 Å². The molecule has 0 aliphatic rings. The molecule has 0 atom stereocenters. The maximum absolute atomic E-state index is 12.7. The van der Waals surface area contributed by atoms with Gasteiger partial charge < -0.3 is 10.2 Å². The van der Waals surface area contributed by atoms with Crippen molar-refractivity contribution in [2.75, 3.05) is 24.3 Å². The van der Waals surface area contributed by atoms with Crippen molar-refractivity contribution in [3.05, 3.63) is 72.6 Å². The third-order valence-electron chi connectivity index (χ3n) is 4.24. The third kappa shape index (κ3) is 3.52. The van der Waals surface area contributed by atoms with E-state index in [-0.39, 0.29) is 5.91 Å². The van der Waals surface area contributed by atoms with Gasteiger partial charge in [-0.2, -0.15) is 0 Å². The Bertz CT molecular complexity index is 1070. The van der Waals surface area contributed by atoms with Crippen molar-refractivity contribution >= 4 is 38.8 Å². The Kier molecular flexibility index (Phi) is 4.56. The van der Waals surface area contributed by atoms with E-state index in [0.29, 0.717) is 5.56 Å². The van der Waals surface area contributed by atoms with E-state index in [0.717, 1.165) is 32.2 Å². The molecule has 0 bridgehead atoms. The first-order valence-electron chi connectivity index (χ1n) is 8.50. The molecule has 0 fully saturated rings. The van der Waals surface area contributed by atoms with Gasteiger partial charge in [0.05, 0.1) is 16.6 Å². The number of thiazole rings is 1. The van der Waals surface area contributed by atoms with Gasteiger partial charge in [0, 0.05) is 37.1 Å². The molecule has 2 aromatic heterocycles. The second kappa shape index (κ2) is 7.17. The molecular weight excluding hydrogens is 356 g/mol. The lowest BCUT2D eigenvalue weighted by Gasteiger charge is -2.13.